The molecule has 3 aliphatic rings. The predicted molar refractivity (Wildman–Crippen MR) is 144 cm³/mol. The molecule has 0 aromatic carbocycles. The van der Waals surface area contributed by atoms with Gasteiger partial charge < -0.3 is 44.6 Å². The molecule has 1 aromatic rings. The molecule has 266 valence electrons. The average Bonchev–Trinajstić information content (AvgIpc) is 3.39. The lowest BCUT2D eigenvalue weighted by Gasteiger charge is -2.32. The lowest BCUT2D eigenvalue weighted by atomic mass is 10.1. The maximum absolute atomic E-state index is 12.3. The van der Waals surface area contributed by atoms with Gasteiger partial charge in [0.05, 0.1) is 20.3 Å². The van der Waals surface area contributed by atoms with Gasteiger partial charge in [-0.25, -0.2) is 28.8 Å². The molecule has 3 amide bonds. The molecule has 11 atom stereocenters. The minimum absolute atomic E-state index is 0.00612. The monoisotopic (exact) mass is 741 g/mol. The van der Waals surface area contributed by atoms with Gasteiger partial charge in [0.15, 0.2) is 18.3 Å². The van der Waals surface area contributed by atoms with E-state index >= 15 is 0 Å². The Bertz CT molecular complexity index is 1530. The predicted octanol–water partition coefficient (Wildman–Crippen LogP) is -3.41. The zero-order chi connectivity index (χ0) is 34.9. The van der Waals surface area contributed by atoms with Crippen molar-refractivity contribution in [1.82, 2.24) is 19.8 Å². The van der Waals surface area contributed by atoms with E-state index < -0.39 is 103 Å². The Labute approximate surface area is 262 Å². The van der Waals surface area contributed by atoms with Crippen molar-refractivity contribution in [1.29, 1.82) is 0 Å². The SMILES string of the molecule is CONc1ccn([C@@H]2O[C@H](COP(=O)(O)OP(=O)(O)OP(=O)(O)OC[C@H]3O[C@@H](N4CCC(=O)NC4=O)[C@H](O)[C@@H]3O)[C@@H](O)[C@H]2O)c(=O)n1. The average molecular weight is 741 g/mol. The van der Waals surface area contributed by atoms with Crippen molar-refractivity contribution in [2.45, 2.75) is 55.5 Å². The van der Waals surface area contributed by atoms with Gasteiger partial charge in [-0.3, -0.25) is 33.5 Å². The number of urea groups is 1. The third-order valence-corrected chi connectivity index (χ3v) is 10.8. The summed E-state index contributed by atoms with van der Waals surface area (Å²) in [6.07, 6.45) is -12.6. The fraction of sp³-hybridized carbons (Fsp3) is 0.684. The zero-order valence-electron chi connectivity index (χ0n) is 23.7. The Morgan fingerprint density at radius 1 is 0.894 bits per heavy atom. The smallest absolute Gasteiger partial charge is 0.387 e. The molecular weight excluding hydrogens is 711 g/mol. The summed E-state index contributed by atoms with van der Waals surface area (Å²) in [6.45, 7) is -2.41. The first-order valence-corrected chi connectivity index (χ1v) is 17.5. The summed E-state index contributed by atoms with van der Waals surface area (Å²) in [5.74, 6) is -0.606. The van der Waals surface area contributed by atoms with E-state index in [4.69, 9.17) is 9.47 Å². The zero-order valence-corrected chi connectivity index (χ0v) is 26.4. The van der Waals surface area contributed by atoms with E-state index in [9.17, 15) is 63.2 Å². The van der Waals surface area contributed by atoms with E-state index in [2.05, 4.69) is 33.0 Å². The maximum Gasteiger partial charge on any atom is 0.490 e. The van der Waals surface area contributed by atoms with Gasteiger partial charge in [-0.15, -0.1) is 0 Å². The summed E-state index contributed by atoms with van der Waals surface area (Å²) in [5.41, 5.74) is 1.33. The van der Waals surface area contributed by atoms with Gasteiger partial charge in [-0.2, -0.15) is 13.6 Å². The van der Waals surface area contributed by atoms with E-state index in [0.29, 0.717) is 0 Å². The first-order valence-electron chi connectivity index (χ1n) is 13.0. The number of anilines is 1. The minimum atomic E-state index is -5.98. The highest BCUT2D eigenvalue weighted by atomic mass is 31.3. The Hall–Kier alpha value is -2.25. The first kappa shape index (κ1) is 37.6. The normalized spacial score (nSPS) is 33.6. The van der Waals surface area contributed by atoms with Crippen molar-refractivity contribution in [2.24, 2.45) is 0 Å². The molecular formula is C19H30N5O20P3. The van der Waals surface area contributed by atoms with Gasteiger partial charge in [0.25, 0.3) is 0 Å². The Balaban J connectivity index is 1.29. The van der Waals surface area contributed by atoms with Crippen LogP contribution in [0, 0.1) is 0 Å². The summed E-state index contributed by atoms with van der Waals surface area (Å²) in [6, 6.07) is 0.297. The van der Waals surface area contributed by atoms with E-state index in [0.717, 1.165) is 15.7 Å². The molecule has 4 heterocycles. The number of amides is 3. The van der Waals surface area contributed by atoms with E-state index in [1.54, 1.807) is 0 Å². The van der Waals surface area contributed by atoms with Crippen molar-refractivity contribution in [3.05, 3.63) is 22.7 Å². The first-order chi connectivity index (χ1) is 21.8. The molecule has 3 fully saturated rings. The second-order valence-corrected chi connectivity index (χ2v) is 14.5. The molecule has 0 saturated carbocycles. The van der Waals surface area contributed by atoms with Crippen molar-refractivity contribution < 1.29 is 90.4 Å². The number of hydrogen-bond acceptors (Lipinski definition) is 19. The van der Waals surface area contributed by atoms with Crippen molar-refractivity contribution >= 4 is 41.2 Å². The minimum Gasteiger partial charge on any atom is -0.387 e. The number of aromatic nitrogens is 2. The van der Waals surface area contributed by atoms with Crippen LogP contribution < -0.4 is 16.5 Å². The third kappa shape index (κ3) is 9.26. The molecule has 4 rings (SSSR count). The number of aliphatic hydroxyl groups is 4. The van der Waals surface area contributed by atoms with Crippen molar-refractivity contribution in [3.63, 3.8) is 0 Å². The van der Waals surface area contributed by atoms with Crippen LogP contribution in [-0.4, -0.2) is 131 Å². The maximum atomic E-state index is 12.3. The molecule has 0 aliphatic carbocycles. The van der Waals surface area contributed by atoms with Gasteiger partial charge in [0.1, 0.15) is 36.6 Å². The molecule has 25 nitrogen and oxygen atoms in total. The highest BCUT2D eigenvalue weighted by Gasteiger charge is 2.50. The van der Waals surface area contributed by atoms with Gasteiger partial charge in [0, 0.05) is 19.2 Å². The van der Waals surface area contributed by atoms with Crippen LogP contribution in [0.15, 0.2) is 17.1 Å². The fourth-order valence-electron chi connectivity index (χ4n) is 4.47. The van der Waals surface area contributed by atoms with Crippen molar-refractivity contribution in [2.75, 3.05) is 32.3 Å². The number of carbonyl (C=O) groups excluding carboxylic acids is 2. The van der Waals surface area contributed by atoms with Crippen LogP contribution in [0.1, 0.15) is 12.6 Å². The highest BCUT2D eigenvalue weighted by Crippen LogP contribution is 2.67. The van der Waals surface area contributed by atoms with Crippen LogP contribution in [0.2, 0.25) is 0 Å². The highest BCUT2D eigenvalue weighted by molar-refractivity contribution is 7.66. The molecule has 0 radical (unpaired) electrons. The summed E-state index contributed by atoms with van der Waals surface area (Å²) in [5, 5.41) is 43.0. The summed E-state index contributed by atoms with van der Waals surface area (Å²) < 4.78 is 65.1. The fourth-order valence-corrected chi connectivity index (χ4v) is 7.99. The summed E-state index contributed by atoms with van der Waals surface area (Å²) >= 11 is 0. The van der Waals surface area contributed by atoms with Crippen LogP contribution in [0.4, 0.5) is 10.6 Å². The topological polar surface area (TPSA) is 354 Å². The number of ether oxygens (including phenoxy) is 2. The number of rotatable bonds is 14. The van der Waals surface area contributed by atoms with E-state index in [-0.39, 0.29) is 18.8 Å². The van der Waals surface area contributed by atoms with Gasteiger partial charge >= 0.3 is 35.2 Å². The number of phosphoric ester groups is 2. The van der Waals surface area contributed by atoms with Crippen LogP contribution in [-0.2, 0) is 50.5 Å². The number of imide groups is 1. The van der Waals surface area contributed by atoms with Gasteiger partial charge in [-0.1, -0.05) is 0 Å². The molecule has 28 heteroatoms. The largest absolute Gasteiger partial charge is 0.490 e. The number of nitrogens with zero attached hydrogens (tertiary/aromatic N) is 3. The number of carbonyl (C=O) groups is 2. The molecule has 3 unspecified atom stereocenters. The Morgan fingerprint density at radius 3 is 1.94 bits per heavy atom. The van der Waals surface area contributed by atoms with Crippen LogP contribution in [0.5, 0.6) is 0 Å². The molecule has 47 heavy (non-hydrogen) atoms. The van der Waals surface area contributed by atoms with Gasteiger partial charge in [-0.05, 0) is 6.07 Å². The van der Waals surface area contributed by atoms with Crippen LogP contribution in [0.25, 0.3) is 0 Å². The van der Waals surface area contributed by atoms with E-state index in [1.807, 2.05) is 5.32 Å². The number of aliphatic hydroxyl groups excluding tert-OH is 4. The lowest BCUT2D eigenvalue weighted by Crippen LogP contribution is -2.56. The van der Waals surface area contributed by atoms with Crippen LogP contribution in [0.3, 0.4) is 0 Å². The Morgan fingerprint density at radius 2 is 1.43 bits per heavy atom. The van der Waals surface area contributed by atoms with Crippen LogP contribution >= 0.6 is 23.5 Å². The van der Waals surface area contributed by atoms with E-state index in [1.165, 1.54) is 13.2 Å². The second kappa shape index (κ2) is 14.7. The van der Waals surface area contributed by atoms with Crippen molar-refractivity contribution in [3.8, 4) is 0 Å². The third-order valence-electron chi connectivity index (χ3n) is 6.60. The lowest BCUT2D eigenvalue weighted by molar-refractivity contribution is -0.125. The van der Waals surface area contributed by atoms with Gasteiger partial charge in [0.2, 0.25) is 5.91 Å². The number of phosphoric acid groups is 3. The number of nitrogens with one attached hydrogen (secondary N) is 2. The molecule has 3 saturated heterocycles. The summed E-state index contributed by atoms with van der Waals surface area (Å²) in [7, 11) is -16.1. The molecule has 0 spiro atoms. The Kier molecular flexibility index (Phi) is 11.7. The molecule has 3 aliphatic heterocycles. The number of hydrogen-bond donors (Lipinski definition) is 9. The molecule has 1 aromatic heterocycles. The standard InChI is InChI=1S/C19H30N5O20P3/c1-38-22-10-2-4-23(18(30)20-10)16-14(28)12(26)8(41-16)6-39-45(32,33)43-47(36,37)44-46(34,35)40-7-9-13(27)15(29)17(42-9)24-5-3-11(25)21-19(24)31/h2,4,8-9,12-17,26-29H,3,5-7H2,1H3,(H,32,33)(H,34,35)(H,36,37)(H,20,22,30)(H,21,25,31)/t8-,9-,12-,13-,14-,15-,16-,17-/m1/s1. The second-order valence-electron chi connectivity index (χ2n) is 9.86. The quantitative estimate of drug-likeness (QED) is 0.0662. The molecule has 0 bridgehead atoms. The summed E-state index contributed by atoms with van der Waals surface area (Å²) in [4.78, 5) is 74.3. The molecule has 9 N–H and O–H groups in total.